The highest BCUT2D eigenvalue weighted by Gasteiger charge is 2.24. The molecule has 0 spiro atoms. The zero-order valence-corrected chi connectivity index (χ0v) is 15.6. The third kappa shape index (κ3) is 3.83. The molecule has 2 fully saturated rings. The highest BCUT2D eigenvalue weighted by Crippen LogP contribution is 2.25. The molecule has 1 N–H and O–H groups in total. The molecule has 2 saturated heterocycles. The summed E-state index contributed by atoms with van der Waals surface area (Å²) in [5, 5.41) is 4.91. The fourth-order valence-corrected chi connectivity index (χ4v) is 4.09. The third-order valence-electron chi connectivity index (χ3n) is 5.63. The third-order valence-corrected chi connectivity index (χ3v) is 5.63. The maximum Gasteiger partial charge on any atom is 0.236 e. The maximum absolute atomic E-state index is 12.3. The number of amides is 1. The van der Waals surface area contributed by atoms with E-state index in [1.165, 1.54) is 16.6 Å². The van der Waals surface area contributed by atoms with E-state index in [0.717, 1.165) is 57.4 Å². The predicted octanol–water partition coefficient (Wildman–Crippen LogP) is 3.04. The van der Waals surface area contributed by atoms with Crippen LogP contribution in [0.3, 0.4) is 0 Å². The molecule has 0 unspecified atom stereocenters. The summed E-state index contributed by atoms with van der Waals surface area (Å²) in [5.74, 6) is 0.310. The van der Waals surface area contributed by atoms with Crippen molar-refractivity contribution >= 4 is 22.5 Å². The molecule has 0 saturated carbocycles. The number of nitrogens with zero attached hydrogens (tertiary/aromatic N) is 3. The Bertz CT molecular complexity index is 777. The number of carbonyl (C=O) groups excluding carboxylic acids is 1. The van der Waals surface area contributed by atoms with E-state index in [2.05, 4.69) is 46.4 Å². The highest BCUT2D eigenvalue weighted by molar-refractivity contribution is 5.91. The highest BCUT2D eigenvalue weighted by atomic mass is 16.2. The van der Waals surface area contributed by atoms with Crippen molar-refractivity contribution in [2.45, 2.75) is 38.6 Å². The first kappa shape index (κ1) is 17.3. The molecule has 0 radical (unpaired) electrons. The second-order valence-corrected chi connectivity index (χ2v) is 7.67. The van der Waals surface area contributed by atoms with E-state index >= 15 is 0 Å². The second-order valence-electron chi connectivity index (χ2n) is 7.67. The van der Waals surface area contributed by atoms with Crippen molar-refractivity contribution < 1.29 is 4.79 Å². The van der Waals surface area contributed by atoms with Gasteiger partial charge in [-0.1, -0.05) is 6.07 Å². The minimum atomic E-state index is 0.310. The number of hydrogen-bond acceptors (Lipinski definition) is 4. The number of pyridine rings is 1. The number of carbonyl (C=O) groups is 1. The Morgan fingerprint density at radius 2 is 1.96 bits per heavy atom. The number of nitrogens with one attached hydrogen (secondary N) is 1. The van der Waals surface area contributed by atoms with Crippen LogP contribution in [0.4, 0.5) is 5.69 Å². The van der Waals surface area contributed by atoms with Crippen molar-refractivity contribution in [3.63, 3.8) is 0 Å². The molecule has 0 bridgehead atoms. The average molecular weight is 352 g/mol. The number of aromatic nitrogens is 1. The van der Waals surface area contributed by atoms with E-state index in [-0.39, 0.29) is 0 Å². The minimum Gasteiger partial charge on any atom is -0.382 e. The summed E-state index contributed by atoms with van der Waals surface area (Å²) in [6, 6.07) is 8.93. The molecular weight excluding hydrogens is 324 g/mol. The molecule has 2 aliphatic heterocycles. The second kappa shape index (κ2) is 7.62. The van der Waals surface area contributed by atoms with Crippen LogP contribution in [0.2, 0.25) is 0 Å². The lowest BCUT2D eigenvalue weighted by molar-refractivity contribution is -0.131. The van der Waals surface area contributed by atoms with Crippen LogP contribution < -0.4 is 5.32 Å². The van der Waals surface area contributed by atoms with Crippen molar-refractivity contribution in [2.24, 2.45) is 0 Å². The smallest absolute Gasteiger partial charge is 0.236 e. The molecular formula is C21H28N4O. The largest absolute Gasteiger partial charge is 0.382 e. The van der Waals surface area contributed by atoms with Crippen LogP contribution in [0, 0.1) is 6.92 Å². The number of benzene rings is 1. The zero-order chi connectivity index (χ0) is 17.9. The van der Waals surface area contributed by atoms with E-state index in [1.807, 2.05) is 11.1 Å². The van der Waals surface area contributed by atoms with Gasteiger partial charge < -0.3 is 10.2 Å². The lowest BCUT2D eigenvalue weighted by atomic mass is 10.0. The molecule has 0 aliphatic carbocycles. The monoisotopic (exact) mass is 352 g/mol. The molecule has 2 aliphatic rings. The number of aryl methyl sites for hydroxylation is 1. The molecule has 5 nitrogen and oxygen atoms in total. The SMILES string of the molecule is Cc1cnc2cccc(NC3CCN(CC(=O)N4CCCC4)CC3)c2c1. The van der Waals surface area contributed by atoms with E-state index in [4.69, 9.17) is 0 Å². The molecule has 26 heavy (non-hydrogen) atoms. The van der Waals surface area contributed by atoms with Crippen LogP contribution >= 0.6 is 0 Å². The summed E-state index contributed by atoms with van der Waals surface area (Å²) in [6.07, 6.45) is 6.39. The first-order valence-electron chi connectivity index (χ1n) is 9.81. The van der Waals surface area contributed by atoms with Gasteiger partial charge in [-0.05, 0) is 56.4 Å². The fraction of sp³-hybridized carbons (Fsp3) is 0.524. The van der Waals surface area contributed by atoms with Crippen molar-refractivity contribution in [2.75, 3.05) is 38.0 Å². The quantitative estimate of drug-likeness (QED) is 0.919. The van der Waals surface area contributed by atoms with E-state index < -0.39 is 0 Å². The molecule has 5 heteroatoms. The minimum absolute atomic E-state index is 0.310. The fourth-order valence-electron chi connectivity index (χ4n) is 4.09. The Balaban J connectivity index is 1.34. The van der Waals surface area contributed by atoms with Gasteiger partial charge in [-0.15, -0.1) is 0 Å². The normalized spacial score (nSPS) is 19.2. The number of fused-ring (bicyclic) bond motifs is 1. The van der Waals surface area contributed by atoms with Crippen molar-refractivity contribution in [1.29, 1.82) is 0 Å². The lowest BCUT2D eigenvalue weighted by Crippen LogP contribution is -2.44. The van der Waals surface area contributed by atoms with Gasteiger partial charge in [-0.2, -0.15) is 0 Å². The van der Waals surface area contributed by atoms with Gasteiger partial charge in [0.15, 0.2) is 0 Å². The van der Waals surface area contributed by atoms with Crippen LogP contribution in [0.15, 0.2) is 30.5 Å². The average Bonchev–Trinajstić information content (AvgIpc) is 3.19. The van der Waals surface area contributed by atoms with E-state index in [1.54, 1.807) is 0 Å². The van der Waals surface area contributed by atoms with Gasteiger partial charge in [-0.3, -0.25) is 14.7 Å². The topological polar surface area (TPSA) is 48.5 Å². The Morgan fingerprint density at radius 3 is 2.73 bits per heavy atom. The summed E-state index contributed by atoms with van der Waals surface area (Å²) in [4.78, 5) is 21.2. The van der Waals surface area contributed by atoms with Gasteiger partial charge >= 0.3 is 0 Å². The van der Waals surface area contributed by atoms with Crippen LogP contribution in [0.1, 0.15) is 31.2 Å². The molecule has 0 atom stereocenters. The number of likely N-dealkylation sites (tertiary alicyclic amines) is 2. The maximum atomic E-state index is 12.3. The number of hydrogen-bond donors (Lipinski definition) is 1. The van der Waals surface area contributed by atoms with E-state index in [0.29, 0.717) is 18.5 Å². The Hall–Kier alpha value is -2.14. The van der Waals surface area contributed by atoms with Crippen LogP contribution in [0.5, 0.6) is 0 Å². The van der Waals surface area contributed by atoms with Gasteiger partial charge in [-0.25, -0.2) is 0 Å². The lowest BCUT2D eigenvalue weighted by Gasteiger charge is -2.33. The summed E-state index contributed by atoms with van der Waals surface area (Å²) in [7, 11) is 0. The molecule has 4 rings (SSSR count). The summed E-state index contributed by atoms with van der Waals surface area (Å²) in [5.41, 5.74) is 3.39. The molecule has 138 valence electrons. The van der Waals surface area contributed by atoms with Crippen molar-refractivity contribution in [3.05, 3.63) is 36.0 Å². The number of rotatable bonds is 4. The summed E-state index contributed by atoms with van der Waals surface area (Å²) < 4.78 is 0. The van der Waals surface area contributed by atoms with Gasteiger partial charge in [0.1, 0.15) is 0 Å². The van der Waals surface area contributed by atoms with Crippen molar-refractivity contribution in [1.82, 2.24) is 14.8 Å². The van der Waals surface area contributed by atoms with Crippen molar-refractivity contribution in [3.8, 4) is 0 Å². The van der Waals surface area contributed by atoms with Gasteiger partial charge in [0.05, 0.1) is 12.1 Å². The van der Waals surface area contributed by atoms with Crippen LogP contribution in [0.25, 0.3) is 10.9 Å². The van der Waals surface area contributed by atoms with Crippen LogP contribution in [-0.4, -0.2) is 59.5 Å². The van der Waals surface area contributed by atoms with Gasteiger partial charge in [0, 0.05) is 49.5 Å². The first-order valence-corrected chi connectivity index (χ1v) is 9.81. The number of anilines is 1. The molecule has 1 aromatic carbocycles. The van der Waals surface area contributed by atoms with E-state index in [9.17, 15) is 4.79 Å². The molecule has 3 heterocycles. The van der Waals surface area contributed by atoms with Crippen LogP contribution in [-0.2, 0) is 4.79 Å². The Morgan fingerprint density at radius 1 is 1.19 bits per heavy atom. The molecule has 2 aromatic rings. The summed E-state index contributed by atoms with van der Waals surface area (Å²) in [6.45, 7) is 6.54. The van der Waals surface area contributed by atoms with Gasteiger partial charge in [0.25, 0.3) is 0 Å². The van der Waals surface area contributed by atoms with Gasteiger partial charge in [0.2, 0.25) is 5.91 Å². The first-order chi connectivity index (χ1) is 12.7. The predicted molar refractivity (Wildman–Crippen MR) is 105 cm³/mol. The number of piperidine rings is 1. The standard InChI is InChI=1S/C21H28N4O/c1-16-13-18-19(22-14-16)5-4-6-20(18)23-17-7-11-24(12-8-17)15-21(26)25-9-2-3-10-25/h4-6,13-14,17,23H,2-3,7-12,15H2,1H3. The Kier molecular flexibility index (Phi) is 5.07. The molecule has 1 aromatic heterocycles. The molecule has 1 amide bonds. The zero-order valence-electron chi connectivity index (χ0n) is 15.6. The Labute approximate surface area is 155 Å². The summed E-state index contributed by atoms with van der Waals surface area (Å²) >= 11 is 0.